The molecular formula is C9H6FIN2O. The topological polar surface area (TPSA) is 38.9 Å². The minimum Gasteiger partial charge on any atom is -0.334 e. The molecule has 0 unspecified atom stereocenters. The lowest BCUT2D eigenvalue weighted by Gasteiger charge is -1.96. The van der Waals surface area contributed by atoms with E-state index in [1.165, 1.54) is 6.07 Å². The fourth-order valence-electron chi connectivity index (χ4n) is 1.04. The highest BCUT2D eigenvalue weighted by Crippen LogP contribution is 2.20. The van der Waals surface area contributed by atoms with Crippen molar-refractivity contribution in [2.75, 3.05) is 0 Å². The van der Waals surface area contributed by atoms with Crippen LogP contribution in [0.1, 0.15) is 5.82 Å². The van der Waals surface area contributed by atoms with Crippen molar-refractivity contribution in [3.05, 3.63) is 33.4 Å². The monoisotopic (exact) mass is 304 g/mol. The van der Waals surface area contributed by atoms with E-state index in [-0.39, 0.29) is 5.82 Å². The van der Waals surface area contributed by atoms with Crippen LogP contribution < -0.4 is 0 Å². The van der Waals surface area contributed by atoms with Crippen LogP contribution in [0.2, 0.25) is 0 Å². The third kappa shape index (κ3) is 1.77. The normalized spacial score (nSPS) is 10.5. The van der Waals surface area contributed by atoms with E-state index in [2.05, 4.69) is 10.1 Å². The van der Waals surface area contributed by atoms with E-state index in [4.69, 9.17) is 4.52 Å². The van der Waals surface area contributed by atoms with Crippen molar-refractivity contribution in [2.24, 2.45) is 0 Å². The van der Waals surface area contributed by atoms with Crippen LogP contribution in [0.5, 0.6) is 0 Å². The van der Waals surface area contributed by atoms with E-state index in [1.807, 2.05) is 22.6 Å². The highest BCUT2D eigenvalue weighted by atomic mass is 127. The Hall–Kier alpha value is -0.980. The minimum atomic E-state index is -0.279. The lowest BCUT2D eigenvalue weighted by molar-refractivity contribution is 0.425. The van der Waals surface area contributed by atoms with Crippen LogP contribution in [0.3, 0.4) is 0 Å². The maximum atomic E-state index is 13.2. The average Bonchev–Trinajstić information content (AvgIpc) is 2.57. The van der Waals surface area contributed by atoms with Gasteiger partial charge < -0.3 is 4.52 Å². The van der Waals surface area contributed by atoms with Gasteiger partial charge >= 0.3 is 0 Å². The van der Waals surface area contributed by atoms with E-state index >= 15 is 0 Å². The van der Waals surface area contributed by atoms with Crippen LogP contribution in [-0.2, 0) is 0 Å². The Bertz CT molecular complexity index is 470. The zero-order valence-corrected chi connectivity index (χ0v) is 9.45. The van der Waals surface area contributed by atoms with Gasteiger partial charge in [0.25, 0.3) is 5.89 Å². The Morgan fingerprint density at radius 1 is 1.43 bits per heavy atom. The number of benzene rings is 1. The molecule has 72 valence electrons. The quantitative estimate of drug-likeness (QED) is 0.761. The first-order valence-electron chi connectivity index (χ1n) is 3.92. The number of aryl methyl sites for hydroxylation is 1. The molecule has 0 atom stereocenters. The van der Waals surface area contributed by atoms with Gasteiger partial charge in [-0.15, -0.1) is 0 Å². The van der Waals surface area contributed by atoms with Crippen molar-refractivity contribution in [1.82, 2.24) is 10.1 Å². The summed E-state index contributed by atoms with van der Waals surface area (Å²) < 4.78 is 18.7. The van der Waals surface area contributed by atoms with Crippen molar-refractivity contribution >= 4 is 22.6 Å². The summed E-state index contributed by atoms with van der Waals surface area (Å²) >= 11 is 1.92. The smallest absolute Gasteiger partial charge is 0.258 e. The van der Waals surface area contributed by atoms with Crippen molar-refractivity contribution in [1.29, 1.82) is 0 Å². The Balaban J connectivity index is 2.47. The number of hydrogen-bond acceptors (Lipinski definition) is 3. The first-order chi connectivity index (χ1) is 6.66. The second kappa shape index (κ2) is 3.64. The number of rotatable bonds is 1. The average molecular weight is 304 g/mol. The third-order valence-electron chi connectivity index (χ3n) is 1.69. The first-order valence-corrected chi connectivity index (χ1v) is 5.00. The molecule has 0 spiro atoms. The van der Waals surface area contributed by atoms with Gasteiger partial charge in [-0.05, 0) is 47.7 Å². The summed E-state index contributed by atoms with van der Waals surface area (Å²) in [6, 6.07) is 4.80. The van der Waals surface area contributed by atoms with Gasteiger partial charge in [0, 0.05) is 9.13 Å². The number of nitrogens with zero attached hydrogens (tertiary/aromatic N) is 2. The minimum absolute atomic E-state index is 0.279. The zero-order valence-electron chi connectivity index (χ0n) is 7.29. The summed E-state index contributed by atoms with van der Waals surface area (Å²) in [5.41, 5.74) is 0.600. The fraction of sp³-hybridized carbons (Fsp3) is 0.111. The van der Waals surface area contributed by atoms with Gasteiger partial charge in [-0.1, -0.05) is 5.16 Å². The highest BCUT2D eigenvalue weighted by molar-refractivity contribution is 14.1. The van der Waals surface area contributed by atoms with E-state index in [1.54, 1.807) is 19.1 Å². The van der Waals surface area contributed by atoms with Crippen molar-refractivity contribution < 1.29 is 8.91 Å². The third-order valence-corrected chi connectivity index (χ3v) is 2.57. The summed E-state index contributed by atoms with van der Waals surface area (Å²) in [5, 5.41) is 3.63. The van der Waals surface area contributed by atoms with E-state index in [0.717, 1.165) is 0 Å². The maximum Gasteiger partial charge on any atom is 0.258 e. The standard InChI is InChI=1S/C9H6FIN2O/c1-5-12-9(14-13-5)6-2-3-8(11)7(10)4-6/h2-4H,1H3. The van der Waals surface area contributed by atoms with Crippen molar-refractivity contribution in [3.8, 4) is 11.5 Å². The molecule has 0 saturated heterocycles. The Kier molecular flexibility index (Phi) is 2.49. The van der Waals surface area contributed by atoms with Crippen LogP contribution in [0.25, 0.3) is 11.5 Å². The van der Waals surface area contributed by atoms with Gasteiger partial charge in [-0.3, -0.25) is 0 Å². The number of aromatic nitrogens is 2. The summed E-state index contributed by atoms with van der Waals surface area (Å²) in [4.78, 5) is 4.00. The van der Waals surface area contributed by atoms with E-state index in [0.29, 0.717) is 20.8 Å². The Morgan fingerprint density at radius 2 is 2.21 bits per heavy atom. The molecule has 14 heavy (non-hydrogen) atoms. The summed E-state index contributed by atoms with van der Waals surface area (Å²) in [7, 11) is 0. The number of halogens is 2. The Morgan fingerprint density at radius 3 is 2.79 bits per heavy atom. The van der Waals surface area contributed by atoms with Gasteiger partial charge in [-0.2, -0.15) is 4.98 Å². The first kappa shape index (κ1) is 9.57. The predicted octanol–water partition coefficient (Wildman–Crippen LogP) is 2.79. The molecule has 0 radical (unpaired) electrons. The highest BCUT2D eigenvalue weighted by Gasteiger charge is 2.08. The number of hydrogen-bond donors (Lipinski definition) is 0. The van der Waals surface area contributed by atoms with Gasteiger partial charge in [0.05, 0.1) is 0 Å². The van der Waals surface area contributed by atoms with Crippen LogP contribution in [0.4, 0.5) is 4.39 Å². The maximum absolute atomic E-state index is 13.2. The molecule has 0 N–H and O–H groups in total. The molecule has 1 aromatic heterocycles. The van der Waals surface area contributed by atoms with Gasteiger partial charge in [0.15, 0.2) is 5.82 Å². The SMILES string of the molecule is Cc1noc(-c2ccc(I)c(F)c2)n1. The van der Waals surface area contributed by atoms with Gasteiger partial charge in [-0.25, -0.2) is 4.39 Å². The molecule has 1 heterocycles. The molecule has 2 rings (SSSR count). The lowest BCUT2D eigenvalue weighted by Crippen LogP contribution is -1.84. The zero-order chi connectivity index (χ0) is 10.1. The molecule has 5 heteroatoms. The van der Waals surface area contributed by atoms with E-state index in [9.17, 15) is 4.39 Å². The molecule has 0 amide bonds. The summed E-state index contributed by atoms with van der Waals surface area (Å²) in [6.07, 6.45) is 0. The molecule has 2 aromatic rings. The second-order valence-corrected chi connectivity index (χ2v) is 3.94. The molecule has 0 aliphatic heterocycles. The van der Waals surface area contributed by atoms with Crippen LogP contribution in [0.15, 0.2) is 22.7 Å². The van der Waals surface area contributed by atoms with Gasteiger partial charge in [0.1, 0.15) is 5.82 Å². The predicted molar refractivity (Wildman–Crippen MR) is 57.1 cm³/mol. The van der Waals surface area contributed by atoms with Crippen LogP contribution >= 0.6 is 22.6 Å². The van der Waals surface area contributed by atoms with Crippen LogP contribution in [-0.4, -0.2) is 10.1 Å². The fourth-order valence-corrected chi connectivity index (χ4v) is 1.38. The van der Waals surface area contributed by atoms with Crippen molar-refractivity contribution in [2.45, 2.75) is 6.92 Å². The second-order valence-electron chi connectivity index (χ2n) is 2.78. The van der Waals surface area contributed by atoms with E-state index < -0.39 is 0 Å². The van der Waals surface area contributed by atoms with Crippen LogP contribution in [0, 0.1) is 16.3 Å². The molecule has 1 aromatic carbocycles. The summed E-state index contributed by atoms with van der Waals surface area (Å²) in [5.74, 6) is 0.607. The summed E-state index contributed by atoms with van der Waals surface area (Å²) in [6.45, 7) is 1.72. The molecule has 0 bridgehead atoms. The van der Waals surface area contributed by atoms with Crippen molar-refractivity contribution in [3.63, 3.8) is 0 Å². The Labute approximate surface area is 93.5 Å². The molecule has 3 nitrogen and oxygen atoms in total. The van der Waals surface area contributed by atoms with Gasteiger partial charge in [0.2, 0.25) is 0 Å². The molecular weight excluding hydrogens is 298 g/mol. The largest absolute Gasteiger partial charge is 0.334 e. The molecule has 0 aliphatic rings. The molecule has 0 aliphatic carbocycles. The lowest BCUT2D eigenvalue weighted by atomic mass is 10.2. The molecule has 0 fully saturated rings. The molecule has 0 saturated carbocycles.